The van der Waals surface area contributed by atoms with Crippen LogP contribution < -0.4 is 4.74 Å². The van der Waals surface area contributed by atoms with E-state index in [1.165, 1.54) is 11.8 Å². The Morgan fingerprint density at radius 1 is 1.42 bits per heavy atom. The van der Waals surface area contributed by atoms with Crippen molar-refractivity contribution in [3.05, 3.63) is 34.7 Å². The highest BCUT2D eigenvalue weighted by atomic mass is 32.2. The fourth-order valence-corrected chi connectivity index (χ4v) is 2.70. The Morgan fingerprint density at radius 3 is 2.79 bits per heavy atom. The van der Waals surface area contributed by atoms with E-state index >= 15 is 0 Å². The molecular weight excluding hydrogens is 260 g/mol. The summed E-state index contributed by atoms with van der Waals surface area (Å²) in [5, 5.41) is 0.713. The van der Waals surface area contributed by atoms with Gasteiger partial charge < -0.3 is 4.74 Å². The third kappa shape index (κ3) is 2.81. The zero-order chi connectivity index (χ0) is 13.8. The van der Waals surface area contributed by atoms with Crippen LogP contribution in [0.15, 0.2) is 34.2 Å². The van der Waals surface area contributed by atoms with Gasteiger partial charge in [0.05, 0.1) is 11.5 Å². The summed E-state index contributed by atoms with van der Waals surface area (Å²) < 4.78 is 5.55. The van der Waals surface area contributed by atoms with Gasteiger partial charge in [-0.25, -0.2) is 0 Å². The Bertz CT molecular complexity index is 552. The molecule has 0 atom stereocenters. The highest BCUT2D eigenvalue weighted by Crippen LogP contribution is 2.33. The molecule has 19 heavy (non-hydrogen) atoms. The maximum atomic E-state index is 12.1. The molecule has 0 bridgehead atoms. The highest BCUT2D eigenvalue weighted by molar-refractivity contribution is 8.18. The molecule has 0 aromatic heterocycles. The topological polar surface area (TPSA) is 41.9 Å². The molecule has 0 saturated carbocycles. The van der Waals surface area contributed by atoms with Crippen molar-refractivity contribution in [1.29, 1.82) is 0 Å². The van der Waals surface area contributed by atoms with Gasteiger partial charge in [-0.1, -0.05) is 18.2 Å². The molecule has 1 aromatic rings. The molecule has 1 heterocycles. The minimum atomic E-state index is -0.0306. The van der Waals surface area contributed by atoms with Crippen LogP contribution in [0, 0.1) is 0 Å². The van der Waals surface area contributed by atoms with E-state index in [0.29, 0.717) is 16.7 Å². The molecule has 4 nitrogen and oxygen atoms in total. The van der Waals surface area contributed by atoms with Gasteiger partial charge in [0.25, 0.3) is 5.91 Å². The van der Waals surface area contributed by atoms with Crippen molar-refractivity contribution in [2.75, 3.05) is 20.7 Å². The molecule has 5 heteroatoms. The van der Waals surface area contributed by atoms with Crippen molar-refractivity contribution in [2.24, 2.45) is 4.99 Å². The van der Waals surface area contributed by atoms with Crippen molar-refractivity contribution in [1.82, 2.24) is 4.90 Å². The molecule has 1 aliphatic heterocycles. The fraction of sp³-hybridized carbons (Fsp3) is 0.286. The summed E-state index contributed by atoms with van der Waals surface area (Å²) in [6, 6.07) is 7.69. The molecule has 0 spiro atoms. The lowest BCUT2D eigenvalue weighted by Crippen LogP contribution is -2.23. The number of hydrogen-bond donors (Lipinski definition) is 0. The molecule has 1 fully saturated rings. The van der Waals surface area contributed by atoms with E-state index in [-0.39, 0.29) is 5.91 Å². The van der Waals surface area contributed by atoms with Gasteiger partial charge in [0.1, 0.15) is 5.75 Å². The molecule has 1 aromatic carbocycles. The van der Waals surface area contributed by atoms with Crippen molar-refractivity contribution in [3.8, 4) is 5.75 Å². The second-order valence-corrected chi connectivity index (χ2v) is 4.96. The van der Waals surface area contributed by atoms with E-state index in [0.717, 1.165) is 11.3 Å². The van der Waals surface area contributed by atoms with Crippen molar-refractivity contribution < 1.29 is 9.53 Å². The standard InChI is InChI=1S/C14H16N2O2S/c1-4-18-11-8-6-5-7-10(11)9-12-13(17)16(3)14(15-2)19-12/h5-9H,4H2,1-3H3/b12-9+,15-14?. The molecule has 1 saturated heterocycles. The van der Waals surface area contributed by atoms with Gasteiger partial charge in [-0.05, 0) is 30.8 Å². The first-order valence-corrected chi connectivity index (χ1v) is 6.85. The Labute approximate surface area is 117 Å². The molecule has 1 aliphatic rings. The number of benzene rings is 1. The monoisotopic (exact) mass is 276 g/mol. The average molecular weight is 276 g/mol. The summed E-state index contributed by atoms with van der Waals surface area (Å²) in [6.45, 7) is 2.54. The molecule has 0 aliphatic carbocycles. The number of thioether (sulfide) groups is 1. The summed E-state index contributed by atoms with van der Waals surface area (Å²) in [7, 11) is 3.41. The van der Waals surface area contributed by atoms with Gasteiger partial charge in [0, 0.05) is 19.7 Å². The van der Waals surface area contributed by atoms with E-state index in [1.807, 2.05) is 37.3 Å². The summed E-state index contributed by atoms with van der Waals surface area (Å²) in [5.41, 5.74) is 0.908. The number of amides is 1. The molecular formula is C14H16N2O2S. The fourth-order valence-electron chi connectivity index (χ4n) is 1.78. The van der Waals surface area contributed by atoms with E-state index in [1.54, 1.807) is 19.0 Å². The number of nitrogens with zero attached hydrogens (tertiary/aromatic N) is 2. The summed E-state index contributed by atoms with van der Waals surface area (Å²) in [4.78, 5) is 18.4. The van der Waals surface area contributed by atoms with Gasteiger partial charge in [0.2, 0.25) is 0 Å². The molecule has 0 unspecified atom stereocenters. The predicted octanol–water partition coefficient (Wildman–Crippen LogP) is 2.62. The summed E-state index contributed by atoms with van der Waals surface area (Å²) in [5.74, 6) is 0.757. The van der Waals surface area contributed by atoms with Gasteiger partial charge in [0.15, 0.2) is 5.17 Å². The van der Waals surface area contributed by atoms with Crippen LogP contribution >= 0.6 is 11.8 Å². The Morgan fingerprint density at radius 2 is 2.16 bits per heavy atom. The van der Waals surface area contributed by atoms with E-state index in [9.17, 15) is 4.79 Å². The summed E-state index contributed by atoms with van der Waals surface area (Å²) in [6.07, 6.45) is 1.85. The van der Waals surface area contributed by atoms with Crippen LogP contribution in [0.4, 0.5) is 0 Å². The number of ether oxygens (including phenoxy) is 1. The van der Waals surface area contributed by atoms with Gasteiger partial charge >= 0.3 is 0 Å². The zero-order valence-corrected chi connectivity index (χ0v) is 12.0. The van der Waals surface area contributed by atoms with Gasteiger partial charge in [-0.15, -0.1) is 0 Å². The quantitative estimate of drug-likeness (QED) is 0.797. The third-order valence-electron chi connectivity index (χ3n) is 2.70. The second kappa shape index (κ2) is 5.93. The number of carbonyl (C=O) groups is 1. The van der Waals surface area contributed by atoms with Crippen molar-refractivity contribution in [3.63, 3.8) is 0 Å². The Kier molecular flexibility index (Phi) is 4.27. The minimum Gasteiger partial charge on any atom is -0.493 e. The van der Waals surface area contributed by atoms with E-state index in [4.69, 9.17) is 4.74 Å². The number of carbonyl (C=O) groups excluding carboxylic acids is 1. The average Bonchev–Trinajstić information content (AvgIpc) is 2.69. The third-order valence-corrected chi connectivity index (χ3v) is 3.85. The maximum Gasteiger partial charge on any atom is 0.266 e. The molecule has 0 radical (unpaired) electrons. The first-order valence-electron chi connectivity index (χ1n) is 6.03. The van der Waals surface area contributed by atoms with Crippen molar-refractivity contribution in [2.45, 2.75) is 6.92 Å². The zero-order valence-electron chi connectivity index (χ0n) is 11.2. The van der Waals surface area contributed by atoms with E-state index < -0.39 is 0 Å². The predicted molar refractivity (Wildman–Crippen MR) is 79.3 cm³/mol. The number of aliphatic imine (C=N–C) groups is 1. The van der Waals surface area contributed by atoms with Crippen LogP contribution in [0.3, 0.4) is 0 Å². The first-order chi connectivity index (χ1) is 9.17. The van der Waals surface area contributed by atoms with Crippen LogP contribution in [0.2, 0.25) is 0 Å². The second-order valence-electron chi connectivity index (χ2n) is 3.95. The van der Waals surface area contributed by atoms with Crippen molar-refractivity contribution >= 4 is 28.9 Å². The molecule has 1 amide bonds. The van der Waals surface area contributed by atoms with Gasteiger partial charge in [-0.2, -0.15) is 0 Å². The smallest absolute Gasteiger partial charge is 0.266 e. The number of hydrogen-bond acceptors (Lipinski definition) is 4. The van der Waals surface area contributed by atoms with E-state index in [2.05, 4.69) is 4.99 Å². The molecule has 100 valence electrons. The van der Waals surface area contributed by atoms with Crippen LogP contribution in [0.25, 0.3) is 6.08 Å². The lowest BCUT2D eigenvalue weighted by Gasteiger charge is -2.07. The molecule has 2 rings (SSSR count). The number of para-hydroxylation sites is 1. The lowest BCUT2D eigenvalue weighted by atomic mass is 10.2. The number of amidine groups is 1. The maximum absolute atomic E-state index is 12.1. The Hall–Kier alpha value is -1.75. The lowest BCUT2D eigenvalue weighted by molar-refractivity contribution is -0.121. The SMILES string of the molecule is CCOc1ccccc1/C=C1/SC(=NC)N(C)C1=O. The highest BCUT2D eigenvalue weighted by Gasteiger charge is 2.29. The van der Waals surface area contributed by atoms with Crippen LogP contribution in [0.5, 0.6) is 5.75 Å². The minimum absolute atomic E-state index is 0.0306. The van der Waals surface area contributed by atoms with Gasteiger partial charge in [-0.3, -0.25) is 14.7 Å². The first kappa shape index (κ1) is 13.7. The summed E-state index contributed by atoms with van der Waals surface area (Å²) >= 11 is 1.38. The largest absolute Gasteiger partial charge is 0.493 e. The van der Waals surface area contributed by atoms with Crippen LogP contribution in [0.1, 0.15) is 12.5 Å². The number of rotatable bonds is 3. The van der Waals surface area contributed by atoms with Crippen LogP contribution in [-0.4, -0.2) is 36.7 Å². The normalized spacial score (nSPS) is 19.5. The molecule has 0 N–H and O–H groups in total. The van der Waals surface area contributed by atoms with Crippen LogP contribution in [-0.2, 0) is 4.79 Å². The number of likely N-dealkylation sites (N-methyl/N-ethyl adjacent to an activating group) is 1. The Balaban J connectivity index is 2.35.